The molecule has 2 atom stereocenters. The number of halogens is 1. The second-order valence-corrected chi connectivity index (χ2v) is 8.26. The van der Waals surface area contributed by atoms with E-state index >= 15 is 0 Å². The van der Waals surface area contributed by atoms with Crippen LogP contribution in [0.4, 0.5) is 5.82 Å². The molecular formula is C24H22ClN5O3. The van der Waals surface area contributed by atoms with E-state index < -0.39 is 0 Å². The summed E-state index contributed by atoms with van der Waals surface area (Å²) >= 11 is 6.48. The number of hydrogen-bond acceptors (Lipinski definition) is 7. The molecule has 0 aliphatic carbocycles. The molecule has 0 bridgehead atoms. The fourth-order valence-electron chi connectivity index (χ4n) is 4.01. The minimum atomic E-state index is -0.247. The van der Waals surface area contributed by atoms with E-state index in [0.717, 1.165) is 12.8 Å². The van der Waals surface area contributed by atoms with Crippen LogP contribution in [-0.2, 0) is 0 Å². The van der Waals surface area contributed by atoms with Gasteiger partial charge in [-0.15, -0.1) is 0 Å². The second kappa shape index (κ2) is 9.19. The van der Waals surface area contributed by atoms with Gasteiger partial charge in [0.1, 0.15) is 29.3 Å². The summed E-state index contributed by atoms with van der Waals surface area (Å²) in [5, 5.41) is 16.9. The summed E-state index contributed by atoms with van der Waals surface area (Å²) in [4.78, 5) is 25.1. The minimum Gasteiger partial charge on any atom is -0.457 e. The van der Waals surface area contributed by atoms with Gasteiger partial charge in [0, 0.05) is 23.9 Å². The molecule has 8 nitrogen and oxygen atoms in total. The quantitative estimate of drug-likeness (QED) is 0.305. The van der Waals surface area contributed by atoms with Crippen molar-refractivity contribution < 1.29 is 14.6 Å². The molecule has 168 valence electrons. The number of para-hydroxylation sites is 1. The molecular weight excluding hydrogens is 442 g/mol. The van der Waals surface area contributed by atoms with Crippen molar-refractivity contribution in [2.24, 2.45) is 0 Å². The third kappa shape index (κ3) is 4.41. The zero-order valence-corrected chi connectivity index (χ0v) is 18.3. The number of rotatable bonds is 7. The van der Waals surface area contributed by atoms with Crippen molar-refractivity contribution in [2.45, 2.75) is 25.0 Å². The van der Waals surface area contributed by atoms with E-state index in [9.17, 15) is 9.90 Å². The normalized spacial score (nSPS) is 17.9. The van der Waals surface area contributed by atoms with Crippen LogP contribution in [0.3, 0.4) is 0 Å². The highest BCUT2D eigenvalue weighted by Gasteiger charge is 2.26. The van der Waals surface area contributed by atoms with Gasteiger partial charge >= 0.3 is 0 Å². The fourth-order valence-corrected chi connectivity index (χ4v) is 4.26. The van der Waals surface area contributed by atoms with Crippen LogP contribution in [-0.4, -0.2) is 44.7 Å². The van der Waals surface area contributed by atoms with Crippen molar-refractivity contribution >= 4 is 34.2 Å². The first-order valence-corrected chi connectivity index (χ1v) is 11.0. The number of benzene rings is 2. The van der Waals surface area contributed by atoms with Gasteiger partial charge in [0.15, 0.2) is 5.78 Å². The predicted molar refractivity (Wildman–Crippen MR) is 126 cm³/mol. The Hall–Kier alpha value is -3.46. The van der Waals surface area contributed by atoms with Crippen molar-refractivity contribution in [3.05, 3.63) is 77.2 Å². The number of carbonyl (C=O) groups is 1. The number of aromatic nitrogens is 3. The average Bonchev–Trinajstić information content (AvgIpc) is 3.47. The second-order valence-electron chi connectivity index (χ2n) is 7.85. The molecule has 0 radical (unpaired) electrons. The lowest BCUT2D eigenvalue weighted by atomic mass is 10.0. The summed E-state index contributed by atoms with van der Waals surface area (Å²) in [7, 11) is 0. The molecule has 33 heavy (non-hydrogen) atoms. The third-order valence-electron chi connectivity index (χ3n) is 5.65. The van der Waals surface area contributed by atoms with Crippen LogP contribution in [0.25, 0.3) is 11.0 Å². The Morgan fingerprint density at radius 2 is 1.97 bits per heavy atom. The molecule has 4 N–H and O–H groups in total. The van der Waals surface area contributed by atoms with Gasteiger partial charge in [-0.2, -0.15) is 0 Å². The van der Waals surface area contributed by atoms with Crippen LogP contribution in [0.2, 0.25) is 5.02 Å². The zero-order chi connectivity index (χ0) is 22.8. The van der Waals surface area contributed by atoms with E-state index in [1.165, 1.54) is 6.33 Å². The van der Waals surface area contributed by atoms with Crippen LogP contribution < -0.4 is 15.4 Å². The van der Waals surface area contributed by atoms with Gasteiger partial charge in [0.25, 0.3) is 0 Å². The van der Waals surface area contributed by atoms with Crippen LogP contribution in [0, 0.1) is 0 Å². The Morgan fingerprint density at radius 3 is 2.73 bits per heavy atom. The van der Waals surface area contributed by atoms with Crippen LogP contribution >= 0.6 is 11.6 Å². The van der Waals surface area contributed by atoms with Crippen LogP contribution in [0.5, 0.6) is 11.5 Å². The standard InChI is InChI=1S/C24H22ClN5O3/c25-19-10-16(33-15-4-2-1-3-5-15)7-8-17(19)22(32)18-11-26-23-21(18)24(28-13-27-23)30-20-9-6-14(12-31)29-20/h1-5,7-8,10-11,13-14,20,29,31H,6,9,12H2,(H2,26,27,28,30). The molecule has 1 aliphatic heterocycles. The number of fused-ring (bicyclic) bond motifs is 1. The van der Waals surface area contributed by atoms with Crippen molar-refractivity contribution in [3.63, 3.8) is 0 Å². The Bertz CT molecular complexity index is 1290. The highest BCUT2D eigenvalue weighted by Crippen LogP contribution is 2.31. The lowest BCUT2D eigenvalue weighted by Crippen LogP contribution is -2.37. The highest BCUT2D eigenvalue weighted by atomic mass is 35.5. The topological polar surface area (TPSA) is 112 Å². The number of hydrogen-bond donors (Lipinski definition) is 4. The number of nitrogens with zero attached hydrogens (tertiary/aromatic N) is 2. The number of aromatic amines is 1. The molecule has 1 fully saturated rings. The van der Waals surface area contributed by atoms with Crippen LogP contribution in [0.1, 0.15) is 28.8 Å². The molecule has 0 saturated carbocycles. The van der Waals surface area contributed by atoms with Crippen molar-refractivity contribution in [1.82, 2.24) is 20.3 Å². The summed E-state index contributed by atoms with van der Waals surface area (Å²) < 4.78 is 5.81. The Balaban J connectivity index is 1.43. The first-order valence-electron chi connectivity index (χ1n) is 10.6. The number of nitrogens with one attached hydrogen (secondary N) is 3. The van der Waals surface area contributed by atoms with Gasteiger partial charge < -0.3 is 20.1 Å². The first-order chi connectivity index (χ1) is 16.1. The summed E-state index contributed by atoms with van der Waals surface area (Å²) in [6, 6.07) is 14.4. The van der Waals surface area contributed by atoms with E-state index in [1.54, 1.807) is 24.4 Å². The van der Waals surface area contributed by atoms with Gasteiger partial charge in [0.05, 0.1) is 28.7 Å². The molecule has 1 saturated heterocycles. The number of anilines is 1. The van der Waals surface area contributed by atoms with Gasteiger partial charge in [-0.05, 0) is 37.1 Å². The summed E-state index contributed by atoms with van der Waals surface area (Å²) in [5.41, 5.74) is 1.32. The summed E-state index contributed by atoms with van der Waals surface area (Å²) in [5.74, 6) is 1.52. The number of aliphatic hydroxyl groups is 1. The third-order valence-corrected chi connectivity index (χ3v) is 5.96. The fraction of sp³-hybridized carbons (Fsp3) is 0.208. The smallest absolute Gasteiger partial charge is 0.196 e. The molecule has 0 amide bonds. The van der Waals surface area contributed by atoms with E-state index in [1.807, 2.05) is 30.3 Å². The Morgan fingerprint density at radius 1 is 1.12 bits per heavy atom. The Kier molecular flexibility index (Phi) is 5.95. The summed E-state index contributed by atoms with van der Waals surface area (Å²) in [6.45, 7) is 0.0771. The molecule has 2 unspecified atom stereocenters. The molecule has 2 aromatic heterocycles. The predicted octanol–water partition coefficient (Wildman–Crippen LogP) is 4.12. The van der Waals surface area contributed by atoms with E-state index in [4.69, 9.17) is 16.3 Å². The zero-order valence-electron chi connectivity index (χ0n) is 17.6. The lowest BCUT2D eigenvalue weighted by Gasteiger charge is -2.16. The van der Waals surface area contributed by atoms with E-state index in [0.29, 0.717) is 39.5 Å². The number of ketones is 1. The van der Waals surface area contributed by atoms with Gasteiger partial charge in [-0.25, -0.2) is 9.97 Å². The molecule has 3 heterocycles. The number of carbonyl (C=O) groups excluding carboxylic acids is 1. The molecule has 5 rings (SSSR count). The van der Waals surface area contributed by atoms with E-state index in [-0.39, 0.29) is 29.6 Å². The average molecular weight is 464 g/mol. The summed E-state index contributed by atoms with van der Waals surface area (Å²) in [6.07, 6.45) is 4.69. The van der Waals surface area contributed by atoms with E-state index in [2.05, 4.69) is 25.6 Å². The lowest BCUT2D eigenvalue weighted by molar-refractivity contribution is 0.104. The molecule has 9 heteroatoms. The molecule has 4 aromatic rings. The van der Waals surface area contributed by atoms with Crippen molar-refractivity contribution in [2.75, 3.05) is 11.9 Å². The monoisotopic (exact) mass is 463 g/mol. The molecule has 1 aliphatic rings. The maximum absolute atomic E-state index is 13.4. The number of H-pyrrole nitrogens is 1. The van der Waals surface area contributed by atoms with Crippen molar-refractivity contribution in [3.8, 4) is 11.5 Å². The van der Waals surface area contributed by atoms with Gasteiger partial charge in [-0.1, -0.05) is 29.8 Å². The maximum atomic E-state index is 13.4. The van der Waals surface area contributed by atoms with Crippen LogP contribution in [0.15, 0.2) is 61.1 Å². The van der Waals surface area contributed by atoms with Gasteiger partial charge in [0.2, 0.25) is 0 Å². The SMILES string of the molecule is O=C(c1ccc(Oc2ccccc2)cc1Cl)c1c[nH]c2ncnc(NC3CCC(CO)N3)c12. The van der Waals surface area contributed by atoms with Gasteiger partial charge in [-0.3, -0.25) is 10.1 Å². The maximum Gasteiger partial charge on any atom is 0.196 e. The molecule has 0 spiro atoms. The molecule has 2 aromatic carbocycles. The number of ether oxygens (including phenoxy) is 1. The Labute approximate surface area is 195 Å². The highest BCUT2D eigenvalue weighted by molar-refractivity contribution is 6.35. The first kappa shape index (κ1) is 21.4. The van der Waals surface area contributed by atoms with Crippen molar-refractivity contribution in [1.29, 1.82) is 0 Å². The minimum absolute atomic E-state index is 0.0441. The number of aliphatic hydroxyl groups excluding tert-OH is 1. The largest absolute Gasteiger partial charge is 0.457 e.